The Morgan fingerprint density at radius 2 is 1.95 bits per heavy atom. The summed E-state index contributed by atoms with van der Waals surface area (Å²) in [5.41, 5.74) is 1.27. The second-order valence-electron chi connectivity index (χ2n) is 5.07. The Kier molecular flexibility index (Phi) is 4.47. The Morgan fingerprint density at radius 3 is 2.32 bits per heavy atom. The van der Waals surface area contributed by atoms with Gasteiger partial charge in [0, 0.05) is 13.3 Å². The highest BCUT2D eigenvalue weighted by atomic mass is 35.5. The first kappa shape index (κ1) is 16.2. The molecule has 1 aromatic heterocycles. The van der Waals surface area contributed by atoms with Gasteiger partial charge in [0.1, 0.15) is 4.75 Å². The summed E-state index contributed by atoms with van der Waals surface area (Å²) in [5.74, 6) is -0.387. The average molecular weight is 307 g/mol. The summed E-state index contributed by atoms with van der Waals surface area (Å²) in [5, 5.41) is 4.66. The van der Waals surface area contributed by atoms with E-state index in [9.17, 15) is 13.2 Å². The van der Waals surface area contributed by atoms with Crippen molar-refractivity contribution in [2.24, 2.45) is 7.05 Å². The van der Waals surface area contributed by atoms with Crippen molar-refractivity contribution in [1.29, 1.82) is 0 Å². The summed E-state index contributed by atoms with van der Waals surface area (Å²) in [7, 11) is -1.77. The predicted molar refractivity (Wildman–Crippen MR) is 75.2 cm³/mol. The lowest BCUT2D eigenvalue weighted by atomic mass is 10.0. The van der Waals surface area contributed by atoms with E-state index in [2.05, 4.69) is 5.10 Å². The van der Waals surface area contributed by atoms with Crippen LogP contribution in [0.2, 0.25) is 5.02 Å². The second kappa shape index (κ2) is 5.25. The maximum atomic E-state index is 12.2. The number of nitrogens with zero attached hydrogens (tertiary/aromatic N) is 2. The van der Waals surface area contributed by atoms with Crippen LogP contribution in [0, 0.1) is 0 Å². The molecule has 5 nitrogen and oxygen atoms in total. The number of aromatic nitrogens is 2. The quantitative estimate of drug-likeness (QED) is 0.828. The van der Waals surface area contributed by atoms with Crippen molar-refractivity contribution in [3.8, 4) is 0 Å². The molecule has 1 rings (SSSR count). The van der Waals surface area contributed by atoms with Gasteiger partial charge in [-0.15, -0.1) is 0 Å². The molecule has 0 aliphatic carbocycles. The molecule has 1 aromatic rings. The Bertz CT molecular complexity index is 603. The summed E-state index contributed by atoms with van der Waals surface area (Å²) in [4.78, 5) is 12.2. The first-order valence-corrected chi connectivity index (χ1v) is 8.22. The number of rotatable bonds is 5. The fraction of sp³-hybridized carbons (Fsp3) is 0.667. The van der Waals surface area contributed by atoms with Crippen LogP contribution >= 0.6 is 11.6 Å². The molecule has 0 amide bonds. The van der Waals surface area contributed by atoms with Gasteiger partial charge < -0.3 is 0 Å². The third-order valence-corrected chi connectivity index (χ3v) is 5.95. The molecule has 19 heavy (non-hydrogen) atoms. The molecule has 0 aliphatic rings. The fourth-order valence-corrected chi connectivity index (χ4v) is 2.43. The van der Waals surface area contributed by atoms with Gasteiger partial charge in [0.2, 0.25) is 0 Å². The second-order valence-corrected chi connectivity index (χ2v) is 8.01. The molecule has 0 spiro atoms. The van der Waals surface area contributed by atoms with E-state index in [1.165, 1.54) is 18.5 Å². The molecule has 0 fully saturated rings. The van der Waals surface area contributed by atoms with E-state index in [4.69, 9.17) is 11.6 Å². The Morgan fingerprint density at radius 1 is 1.42 bits per heavy atom. The van der Waals surface area contributed by atoms with Crippen LogP contribution in [0.1, 0.15) is 32.2 Å². The average Bonchev–Trinajstić information content (AvgIpc) is 2.54. The molecule has 0 saturated heterocycles. The third-order valence-electron chi connectivity index (χ3n) is 3.43. The topological polar surface area (TPSA) is 69.0 Å². The van der Waals surface area contributed by atoms with E-state index in [1.807, 2.05) is 6.92 Å². The van der Waals surface area contributed by atoms with E-state index >= 15 is 0 Å². The molecule has 0 radical (unpaired) electrons. The molecule has 0 aliphatic heterocycles. The van der Waals surface area contributed by atoms with Crippen LogP contribution in [0.4, 0.5) is 0 Å². The Labute approximate surface area is 118 Å². The van der Waals surface area contributed by atoms with Gasteiger partial charge >= 0.3 is 0 Å². The van der Waals surface area contributed by atoms with Gasteiger partial charge in [-0.3, -0.25) is 9.48 Å². The number of aryl methyl sites for hydroxylation is 2. The van der Waals surface area contributed by atoms with Gasteiger partial charge in [-0.25, -0.2) is 8.42 Å². The summed E-state index contributed by atoms with van der Waals surface area (Å²) >= 11 is 6.15. The van der Waals surface area contributed by atoms with Crippen molar-refractivity contribution >= 4 is 27.2 Å². The van der Waals surface area contributed by atoms with Crippen LogP contribution in [0.3, 0.4) is 0 Å². The number of Topliss-reactive ketones (excluding diaryl/α,β-unsaturated/α-hetero) is 1. The largest absolute Gasteiger partial charge is 0.298 e. The summed E-state index contributed by atoms with van der Waals surface area (Å²) < 4.78 is 23.4. The normalized spacial score (nSPS) is 12.7. The van der Waals surface area contributed by atoms with Crippen molar-refractivity contribution in [3.63, 3.8) is 0 Å². The molecular formula is C12H19ClN2O3S. The van der Waals surface area contributed by atoms with Crippen molar-refractivity contribution in [2.45, 2.75) is 38.4 Å². The lowest BCUT2D eigenvalue weighted by molar-refractivity contribution is -0.120. The lowest BCUT2D eigenvalue weighted by Crippen LogP contribution is -2.41. The molecule has 0 unspecified atom stereocenters. The molecule has 1 heterocycles. The summed E-state index contributed by atoms with van der Waals surface area (Å²) in [6, 6.07) is 0. The predicted octanol–water partition coefficient (Wildman–Crippen LogP) is 1.57. The van der Waals surface area contributed by atoms with Crippen molar-refractivity contribution < 1.29 is 13.2 Å². The van der Waals surface area contributed by atoms with Crippen LogP contribution < -0.4 is 0 Å². The Hall–Kier alpha value is -0.880. The van der Waals surface area contributed by atoms with E-state index in [-0.39, 0.29) is 12.2 Å². The minimum absolute atomic E-state index is 0.0393. The van der Waals surface area contributed by atoms with E-state index in [1.54, 1.807) is 7.05 Å². The SMILES string of the molecule is CCc1nn(C)c(CC(=O)C(C)(C)S(C)(=O)=O)c1Cl. The zero-order valence-electron chi connectivity index (χ0n) is 11.8. The standard InChI is InChI=1S/C12H19ClN2O3S/c1-6-8-11(13)9(15(4)14-8)7-10(16)12(2,3)19(5,17)18/h6-7H2,1-5H3. The number of ketones is 1. The van der Waals surface area contributed by atoms with Gasteiger partial charge in [-0.2, -0.15) is 5.10 Å². The number of hydrogen-bond donors (Lipinski definition) is 0. The van der Waals surface area contributed by atoms with Gasteiger partial charge in [0.25, 0.3) is 0 Å². The van der Waals surface area contributed by atoms with Crippen molar-refractivity contribution in [3.05, 3.63) is 16.4 Å². The number of carbonyl (C=O) groups excluding carboxylic acids is 1. The number of sulfone groups is 1. The van der Waals surface area contributed by atoms with Crippen LogP contribution in [-0.4, -0.2) is 35.0 Å². The number of hydrogen-bond acceptors (Lipinski definition) is 4. The van der Waals surface area contributed by atoms with Crippen molar-refractivity contribution in [2.75, 3.05) is 6.26 Å². The lowest BCUT2D eigenvalue weighted by Gasteiger charge is -2.20. The smallest absolute Gasteiger partial charge is 0.159 e. The van der Waals surface area contributed by atoms with Crippen LogP contribution in [-0.2, 0) is 34.5 Å². The van der Waals surface area contributed by atoms with Crippen LogP contribution in [0.15, 0.2) is 0 Å². The molecule has 108 valence electrons. The van der Waals surface area contributed by atoms with Gasteiger partial charge in [0.15, 0.2) is 15.6 Å². The molecule has 0 aromatic carbocycles. The molecule has 0 bridgehead atoms. The number of halogens is 1. The van der Waals surface area contributed by atoms with Gasteiger partial charge in [0.05, 0.1) is 22.8 Å². The maximum absolute atomic E-state index is 12.2. The minimum Gasteiger partial charge on any atom is -0.298 e. The van der Waals surface area contributed by atoms with Crippen molar-refractivity contribution in [1.82, 2.24) is 9.78 Å². The highest BCUT2D eigenvalue weighted by molar-refractivity contribution is 7.92. The Balaban J connectivity index is 3.11. The molecule has 7 heteroatoms. The van der Waals surface area contributed by atoms with Gasteiger partial charge in [-0.05, 0) is 20.3 Å². The highest BCUT2D eigenvalue weighted by Gasteiger charge is 2.38. The molecule has 0 N–H and O–H groups in total. The molecular weight excluding hydrogens is 288 g/mol. The summed E-state index contributed by atoms with van der Waals surface area (Å²) in [6.07, 6.45) is 1.69. The third kappa shape index (κ3) is 3.00. The highest BCUT2D eigenvalue weighted by Crippen LogP contribution is 2.25. The fourth-order valence-electron chi connectivity index (χ4n) is 1.58. The zero-order chi connectivity index (χ0) is 15.0. The number of carbonyl (C=O) groups is 1. The first-order chi connectivity index (χ1) is 8.52. The van der Waals surface area contributed by atoms with E-state index in [0.29, 0.717) is 22.8 Å². The van der Waals surface area contributed by atoms with Gasteiger partial charge in [-0.1, -0.05) is 18.5 Å². The first-order valence-electron chi connectivity index (χ1n) is 5.95. The monoisotopic (exact) mass is 306 g/mol. The maximum Gasteiger partial charge on any atom is 0.159 e. The van der Waals surface area contributed by atoms with E-state index < -0.39 is 14.6 Å². The zero-order valence-corrected chi connectivity index (χ0v) is 13.4. The minimum atomic E-state index is -3.47. The van der Waals surface area contributed by atoms with Crippen LogP contribution in [0.25, 0.3) is 0 Å². The molecule has 0 saturated carbocycles. The van der Waals surface area contributed by atoms with Crippen LogP contribution in [0.5, 0.6) is 0 Å². The summed E-state index contributed by atoms with van der Waals surface area (Å²) in [6.45, 7) is 4.74. The van der Waals surface area contributed by atoms with E-state index in [0.717, 1.165) is 6.26 Å². The molecule has 0 atom stereocenters.